The second-order valence-electron chi connectivity index (χ2n) is 34.9. The van der Waals surface area contributed by atoms with Gasteiger partial charge in [0.1, 0.15) is 146 Å². The number of rotatable bonds is 57. The van der Waals surface area contributed by atoms with Crippen LogP contribution in [0, 0.1) is 16.2 Å². The Morgan fingerprint density at radius 3 is 0.633 bits per heavy atom. The maximum Gasteiger partial charge on any atom is 0.186 e. The molecule has 36 nitrogen and oxygen atoms in total. The van der Waals surface area contributed by atoms with Crippen molar-refractivity contribution in [1.29, 1.82) is 0 Å². The zero-order chi connectivity index (χ0) is 87.9. The molecule has 6 saturated heterocycles. The Labute approximate surface area is 704 Å². The van der Waals surface area contributed by atoms with Gasteiger partial charge in [-0.25, -0.2) is 0 Å². The summed E-state index contributed by atoms with van der Waals surface area (Å²) in [4.78, 5) is 0. The Morgan fingerprint density at radius 2 is 0.425 bits per heavy atom. The van der Waals surface area contributed by atoms with Crippen LogP contribution in [0.3, 0.4) is 0 Å². The standard InChI is InChI=1S/C84H150O36/c1-4-7-10-13-16-19-22-25-30-82(43-109-76-70(103)64(97)58(91)52(37-85)115-76,44-110-77-71(104)65(98)59(92)53(38-86)116-77)34-49-28-29-50(35-83(31-26-23-20-17-14-11-8-5-2,45-111-78-72(105)66(99)60(93)54(39-87)117-78)46-112-79-73(106)67(100)61(94)55(40-88)118-79)51(33-49)36-84(32-27-24-21-18-15-12-9-6-3,47-113-80-74(107)68(101)62(95)56(41-89)119-80)48-114-81-75(108)69(102)63(96)57(42-90)120-81/h28-29,33,52-81,85-108H,4-27,30-32,34-48H2,1-3H3/t52?,53?,54?,55?,56?,57?,58-,59-,60-,61-,62-,63-,64+,65+,66+,67+,68+,69+,70?,71?,72?,73?,74?,75?,76-,77-,78-,79-,80-,81-,82?,83?,84?/m1/s1. The van der Waals surface area contributed by atoms with Gasteiger partial charge in [-0.2, -0.15) is 0 Å². The minimum absolute atomic E-state index is 0.108. The van der Waals surface area contributed by atoms with E-state index in [1.54, 1.807) is 12.1 Å². The van der Waals surface area contributed by atoms with Crippen LogP contribution in [0.2, 0.25) is 0 Å². The van der Waals surface area contributed by atoms with E-state index < -0.39 is 280 Å². The molecule has 0 radical (unpaired) electrons. The van der Waals surface area contributed by atoms with Gasteiger partial charge in [0.05, 0.1) is 79.3 Å². The maximum atomic E-state index is 11.8. The van der Waals surface area contributed by atoms with Crippen molar-refractivity contribution in [3.63, 3.8) is 0 Å². The summed E-state index contributed by atoms with van der Waals surface area (Å²) in [6, 6.07) is 5.39. The summed E-state index contributed by atoms with van der Waals surface area (Å²) >= 11 is 0. The summed E-state index contributed by atoms with van der Waals surface area (Å²) < 4.78 is 75.6. The Kier molecular flexibility index (Phi) is 46.3. The summed E-state index contributed by atoms with van der Waals surface area (Å²) in [7, 11) is 0. The third-order valence-corrected chi connectivity index (χ3v) is 25.1. The van der Waals surface area contributed by atoms with E-state index in [0.717, 1.165) is 116 Å². The van der Waals surface area contributed by atoms with E-state index in [1.165, 1.54) is 0 Å². The molecule has 7 rings (SSSR count). The molecule has 1 aromatic rings. The van der Waals surface area contributed by atoms with E-state index in [9.17, 15) is 123 Å². The fraction of sp³-hybridized carbons (Fsp3) is 0.929. The highest BCUT2D eigenvalue weighted by Crippen LogP contribution is 2.43. The van der Waals surface area contributed by atoms with Crippen LogP contribution in [-0.4, -0.2) is 386 Å². The normalized spacial score (nSPS) is 36.7. The lowest BCUT2D eigenvalue weighted by molar-refractivity contribution is -0.318. The molecule has 702 valence electrons. The fourth-order valence-electron chi connectivity index (χ4n) is 17.2. The van der Waals surface area contributed by atoms with Crippen molar-refractivity contribution >= 4 is 0 Å². The Hall–Kier alpha value is -2.22. The number of benzene rings is 1. The van der Waals surface area contributed by atoms with Crippen molar-refractivity contribution in [2.24, 2.45) is 16.2 Å². The van der Waals surface area contributed by atoms with Crippen molar-refractivity contribution < 1.29 is 179 Å². The zero-order valence-corrected chi connectivity index (χ0v) is 70.4. The summed E-state index contributed by atoms with van der Waals surface area (Å²) in [5.41, 5.74) is -3.07. The second-order valence-corrected chi connectivity index (χ2v) is 34.9. The Balaban J connectivity index is 1.52. The van der Waals surface area contributed by atoms with Crippen molar-refractivity contribution in [3.8, 4) is 0 Å². The minimum Gasteiger partial charge on any atom is -0.394 e. The Bertz CT molecular complexity index is 2770. The Morgan fingerprint density at radius 1 is 0.233 bits per heavy atom. The van der Waals surface area contributed by atoms with Gasteiger partial charge in [0.15, 0.2) is 37.7 Å². The van der Waals surface area contributed by atoms with Crippen molar-refractivity contribution in [1.82, 2.24) is 0 Å². The van der Waals surface area contributed by atoms with Gasteiger partial charge in [-0.05, 0) is 55.2 Å². The molecule has 0 aliphatic carbocycles. The van der Waals surface area contributed by atoms with Crippen molar-refractivity contribution in [2.75, 3.05) is 79.3 Å². The monoisotopic (exact) mass is 1730 g/mol. The first-order valence-electron chi connectivity index (χ1n) is 44.1. The first-order valence-corrected chi connectivity index (χ1v) is 44.1. The molecule has 12 unspecified atom stereocenters. The van der Waals surface area contributed by atoms with E-state index in [1.807, 2.05) is 6.07 Å². The second kappa shape index (κ2) is 53.1. The number of ether oxygens (including phenoxy) is 12. The van der Waals surface area contributed by atoms with Crippen molar-refractivity contribution in [3.05, 3.63) is 34.9 Å². The molecule has 120 heavy (non-hydrogen) atoms. The smallest absolute Gasteiger partial charge is 0.186 e. The average Bonchev–Trinajstić information content (AvgIpc) is 0.777. The van der Waals surface area contributed by atoms with Crippen molar-refractivity contribution in [2.45, 2.75) is 398 Å². The van der Waals surface area contributed by atoms with Gasteiger partial charge >= 0.3 is 0 Å². The lowest BCUT2D eigenvalue weighted by Crippen LogP contribution is -2.60. The molecule has 6 heterocycles. The molecule has 24 N–H and O–H groups in total. The molecule has 0 bridgehead atoms. The number of aliphatic hydroxyl groups is 24. The van der Waals surface area contributed by atoms with Crippen LogP contribution in [0.15, 0.2) is 18.2 Å². The third kappa shape index (κ3) is 29.7. The maximum absolute atomic E-state index is 11.8. The summed E-state index contributed by atoms with van der Waals surface area (Å²) in [6.45, 7) is -1.54. The molecule has 6 aliphatic rings. The number of hydrogen-bond donors (Lipinski definition) is 24. The van der Waals surface area contributed by atoms with Gasteiger partial charge < -0.3 is 179 Å². The molecule has 36 heteroatoms. The quantitative estimate of drug-likeness (QED) is 0.0307. The van der Waals surface area contributed by atoms with E-state index in [0.29, 0.717) is 55.2 Å². The van der Waals surface area contributed by atoms with Crippen LogP contribution in [0.4, 0.5) is 0 Å². The van der Waals surface area contributed by atoms with Gasteiger partial charge in [0, 0.05) is 16.2 Å². The number of aliphatic hydroxyl groups excluding tert-OH is 24. The van der Waals surface area contributed by atoms with Gasteiger partial charge in [0.25, 0.3) is 0 Å². The van der Waals surface area contributed by atoms with Crippen LogP contribution in [0.1, 0.15) is 211 Å². The number of hydrogen-bond acceptors (Lipinski definition) is 36. The molecule has 6 fully saturated rings. The molecule has 0 amide bonds. The molecular weight excluding hydrogens is 1580 g/mol. The minimum atomic E-state index is -1.96. The highest BCUT2D eigenvalue weighted by Gasteiger charge is 2.53. The zero-order valence-electron chi connectivity index (χ0n) is 70.4. The molecule has 0 spiro atoms. The topological polar surface area (TPSA) is 596 Å². The van der Waals surface area contributed by atoms with Gasteiger partial charge in [-0.15, -0.1) is 0 Å². The molecular formula is C84H150O36. The summed E-state index contributed by atoms with van der Waals surface area (Å²) in [6.07, 6.45) is -33.2. The predicted molar refractivity (Wildman–Crippen MR) is 425 cm³/mol. The van der Waals surface area contributed by atoms with Gasteiger partial charge in [-0.1, -0.05) is 193 Å². The average molecular weight is 1740 g/mol. The van der Waals surface area contributed by atoms with E-state index in [-0.39, 0.29) is 38.5 Å². The largest absolute Gasteiger partial charge is 0.394 e. The highest BCUT2D eigenvalue weighted by atomic mass is 16.7. The molecule has 1 aromatic carbocycles. The lowest BCUT2D eigenvalue weighted by atomic mass is 9.72. The van der Waals surface area contributed by atoms with E-state index >= 15 is 0 Å². The molecule has 30 atom stereocenters. The van der Waals surface area contributed by atoms with Crippen LogP contribution in [0.5, 0.6) is 0 Å². The fourth-order valence-corrected chi connectivity index (χ4v) is 17.2. The number of unbranched alkanes of at least 4 members (excludes halogenated alkanes) is 21. The first kappa shape index (κ1) is 105. The van der Waals surface area contributed by atoms with Crippen LogP contribution < -0.4 is 0 Å². The molecule has 0 aromatic heterocycles. The third-order valence-electron chi connectivity index (χ3n) is 25.1. The highest BCUT2D eigenvalue weighted by molar-refractivity contribution is 5.35. The van der Waals surface area contributed by atoms with Crippen LogP contribution in [-0.2, 0) is 76.1 Å². The molecule has 6 aliphatic heterocycles. The first-order chi connectivity index (χ1) is 57.5. The lowest BCUT2D eigenvalue weighted by Gasteiger charge is -2.44. The van der Waals surface area contributed by atoms with E-state index in [2.05, 4.69) is 20.8 Å². The predicted octanol–water partition coefficient (Wildman–Crippen LogP) is -2.24. The summed E-state index contributed by atoms with van der Waals surface area (Å²) in [5, 5.41) is 267. The van der Waals surface area contributed by atoms with Gasteiger partial charge in [-0.3, -0.25) is 0 Å². The molecule has 0 saturated carbocycles. The SMILES string of the molecule is CCCCCCCCCCC(CO[C@@H]1OC(CO)[C@@H](O)[C@H](O)C1O)(CO[C@@H]1OC(CO)[C@@H](O)[C@H](O)C1O)Cc1ccc(CC(CCCCCCCCCC)(CO[C@@H]2OC(CO)[C@@H](O)[C@H](O)C2O)CO[C@@H]2OC(CO)[C@@H](O)[C@H](O)C2O)c(CC(CCCCCCCCCC)(CO[C@@H]2OC(CO)[C@@H](O)[C@H](O)C2O)CO[C@@H]2OC(CO)[C@@H](O)[C@H](O)C2O)c1. The van der Waals surface area contributed by atoms with Gasteiger partial charge in [0.2, 0.25) is 0 Å². The van der Waals surface area contributed by atoms with Crippen LogP contribution in [0.25, 0.3) is 0 Å². The summed E-state index contributed by atoms with van der Waals surface area (Å²) in [5.74, 6) is 0. The van der Waals surface area contributed by atoms with Crippen LogP contribution >= 0.6 is 0 Å². The van der Waals surface area contributed by atoms with E-state index in [4.69, 9.17) is 56.8 Å².